The van der Waals surface area contributed by atoms with E-state index in [1.54, 1.807) is 12.3 Å². The van der Waals surface area contributed by atoms with Gasteiger partial charge in [0.2, 0.25) is 5.95 Å². The van der Waals surface area contributed by atoms with Gasteiger partial charge in [-0.15, -0.1) is 0 Å². The number of hydrogen-bond donors (Lipinski definition) is 2. The Kier molecular flexibility index (Phi) is 4.64. The van der Waals surface area contributed by atoms with E-state index in [9.17, 15) is 5.26 Å². The zero-order valence-electron chi connectivity index (χ0n) is 12.6. The van der Waals surface area contributed by atoms with Crippen molar-refractivity contribution in [3.63, 3.8) is 0 Å². The summed E-state index contributed by atoms with van der Waals surface area (Å²) in [6.45, 7) is 1.98. The number of nitrogens with zero attached hydrogens (tertiary/aromatic N) is 3. The van der Waals surface area contributed by atoms with Gasteiger partial charge in [0.15, 0.2) is 0 Å². The lowest BCUT2D eigenvalue weighted by atomic mass is 9.96. The molecule has 114 valence electrons. The van der Waals surface area contributed by atoms with Gasteiger partial charge in [0.05, 0.1) is 10.7 Å². The van der Waals surface area contributed by atoms with Gasteiger partial charge in [-0.3, -0.25) is 0 Å². The molecule has 0 aromatic carbocycles. The Bertz CT molecular complexity index is 653. The first-order valence-corrected chi connectivity index (χ1v) is 8.49. The molecule has 0 spiro atoms. The fourth-order valence-electron chi connectivity index (χ4n) is 2.73. The van der Waals surface area contributed by atoms with E-state index < -0.39 is 0 Å². The van der Waals surface area contributed by atoms with Crippen molar-refractivity contribution in [2.45, 2.75) is 45.1 Å². The number of nitrogens with one attached hydrogen (secondary N) is 2. The van der Waals surface area contributed by atoms with Crippen LogP contribution in [0, 0.1) is 11.3 Å². The lowest BCUT2D eigenvalue weighted by molar-refractivity contribution is 0.461. The van der Waals surface area contributed by atoms with Crippen LogP contribution in [0.4, 0.5) is 5.95 Å². The average molecular weight is 313 g/mol. The summed E-state index contributed by atoms with van der Waals surface area (Å²) in [5.74, 6) is 0.616. The minimum atomic E-state index is 0.449. The molecule has 0 atom stereocenters. The molecule has 22 heavy (non-hydrogen) atoms. The predicted molar refractivity (Wildman–Crippen MR) is 89.5 cm³/mol. The molecule has 1 aliphatic heterocycles. The molecule has 1 fully saturated rings. The van der Waals surface area contributed by atoms with E-state index in [4.69, 9.17) is 0 Å². The predicted octanol–water partition coefficient (Wildman–Crippen LogP) is 3.61. The van der Waals surface area contributed by atoms with E-state index in [0.29, 0.717) is 23.3 Å². The zero-order valence-corrected chi connectivity index (χ0v) is 13.4. The molecule has 6 heteroatoms. The molecule has 0 unspecified atom stereocenters. The van der Waals surface area contributed by atoms with Gasteiger partial charge in [-0.25, -0.2) is 9.97 Å². The summed E-state index contributed by atoms with van der Waals surface area (Å²) in [7, 11) is 0. The van der Waals surface area contributed by atoms with Crippen molar-refractivity contribution in [2.75, 3.05) is 5.32 Å². The number of aromatic nitrogens is 2. The van der Waals surface area contributed by atoms with Gasteiger partial charge in [-0.2, -0.15) is 5.26 Å². The largest absolute Gasteiger partial charge is 0.352 e. The maximum atomic E-state index is 9.47. The molecular weight excluding hydrogens is 294 g/mol. The molecule has 3 rings (SSSR count). The van der Waals surface area contributed by atoms with Crippen LogP contribution in [0.15, 0.2) is 28.4 Å². The quantitative estimate of drug-likeness (QED) is 0.830. The Labute approximate surface area is 134 Å². The van der Waals surface area contributed by atoms with Crippen molar-refractivity contribution in [3.05, 3.63) is 34.1 Å². The highest BCUT2D eigenvalue weighted by molar-refractivity contribution is 8.06. The van der Waals surface area contributed by atoms with Gasteiger partial charge >= 0.3 is 0 Å². The number of allylic oxidation sites excluding steroid dienone is 2. The van der Waals surface area contributed by atoms with E-state index in [1.165, 1.54) is 43.9 Å². The van der Waals surface area contributed by atoms with Crippen LogP contribution >= 0.6 is 11.8 Å². The Morgan fingerprint density at radius 1 is 1.41 bits per heavy atom. The van der Waals surface area contributed by atoms with Gasteiger partial charge in [-0.1, -0.05) is 31.0 Å². The van der Waals surface area contributed by atoms with E-state index in [0.717, 1.165) is 10.7 Å². The van der Waals surface area contributed by atoms with Gasteiger partial charge < -0.3 is 10.6 Å². The van der Waals surface area contributed by atoms with Crippen LogP contribution < -0.4 is 10.6 Å². The van der Waals surface area contributed by atoms with Crippen molar-refractivity contribution in [3.8, 4) is 6.07 Å². The summed E-state index contributed by atoms with van der Waals surface area (Å²) in [5, 5.41) is 18.9. The number of hydrogen-bond acceptors (Lipinski definition) is 6. The van der Waals surface area contributed by atoms with Crippen molar-refractivity contribution >= 4 is 23.3 Å². The number of rotatable bonds is 3. The molecule has 1 aromatic heterocycles. The molecule has 1 saturated carbocycles. The van der Waals surface area contributed by atoms with E-state index in [1.807, 2.05) is 12.3 Å². The zero-order chi connectivity index (χ0) is 15.4. The highest BCUT2D eigenvalue weighted by atomic mass is 32.2. The van der Waals surface area contributed by atoms with Gasteiger partial charge in [-0.05, 0) is 31.2 Å². The SMILES string of the molecule is CC1=CS/C(=C(/C#N)c2ccnc(NC3CCCCC3)n2)N1. The summed E-state index contributed by atoms with van der Waals surface area (Å²) in [5.41, 5.74) is 2.27. The van der Waals surface area contributed by atoms with E-state index in [-0.39, 0.29) is 0 Å². The maximum absolute atomic E-state index is 9.47. The number of anilines is 1. The molecule has 0 amide bonds. The molecule has 1 aliphatic carbocycles. The lowest BCUT2D eigenvalue weighted by Crippen LogP contribution is -2.23. The average Bonchev–Trinajstić information content (AvgIpc) is 2.96. The molecule has 2 aliphatic rings. The Balaban J connectivity index is 1.79. The third-order valence-electron chi connectivity index (χ3n) is 3.85. The van der Waals surface area contributed by atoms with Crippen LogP contribution in [0.25, 0.3) is 5.57 Å². The molecule has 1 aromatic rings. The third-order valence-corrected chi connectivity index (χ3v) is 4.87. The third kappa shape index (κ3) is 3.42. The van der Waals surface area contributed by atoms with Crippen molar-refractivity contribution in [1.82, 2.24) is 15.3 Å². The monoisotopic (exact) mass is 313 g/mol. The van der Waals surface area contributed by atoms with Crippen LogP contribution in [-0.4, -0.2) is 16.0 Å². The fourth-order valence-corrected chi connectivity index (χ4v) is 3.57. The first kappa shape index (κ1) is 14.9. The molecule has 0 radical (unpaired) electrons. The van der Waals surface area contributed by atoms with E-state index in [2.05, 4.69) is 26.7 Å². The van der Waals surface area contributed by atoms with E-state index >= 15 is 0 Å². The number of nitriles is 1. The summed E-state index contributed by atoms with van der Waals surface area (Å²) >= 11 is 1.52. The second-order valence-corrected chi connectivity index (χ2v) is 6.48. The van der Waals surface area contributed by atoms with Crippen LogP contribution in [0.3, 0.4) is 0 Å². The second kappa shape index (κ2) is 6.84. The minimum absolute atomic E-state index is 0.449. The van der Waals surface area contributed by atoms with Crippen LogP contribution in [0.5, 0.6) is 0 Å². The Morgan fingerprint density at radius 3 is 2.91 bits per heavy atom. The van der Waals surface area contributed by atoms with Crippen LogP contribution in [0.1, 0.15) is 44.7 Å². The van der Waals surface area contributed by atoms with Gasteiger partial charge in [0.25, 0.3) is 0 Å². The van der Waals surface area contributed by atoms with Gasteiger partial charge in [0.1, 0.15) is 11.6 Å². The first-order chi connectivity index (χ1) is 10.8. The summed E-state index contributed by atoms with van der Waals surface area (Å²) < 4.78 is 0. The van der Waals surface area contributed by atoms with Crippen molar-refractivity contribution < 1.29 is 0 Å². The topological polar surface area (TPSA) is 73.6 Å². The second-order valence-electron chi connectivity index (χ2n) is 5.60. The highest BCUT2D eigenvalue weighted by Crippen LogP contribution is 2.30. The van der Waals surface area contributed by atoms with Crippen molar-refractivity contribution in [1.29, 1.82) is 5.26 Å². The smallest absolute Gasteiger partial charge is 0.223 e. The first-order valence-electron chi connectivity index (χ1n) is 7.61. The molecule has 2 heterocycles. The number of thioether (sulfide) groups is 1. The summed E-state index contributed by atoms with van der Waals surface area (Å²) in [6.07, 6.45) is 7.89. The molecular formula is C16H19N5S. The van der Waals surface area contributed by atoms with Crippen LogP contribution in [-0.2, 0) is 0 Å². The Hall–Kier alpha value is -2.00. The van der Waals surface area contributed by atoms with Crippen LogP contribution in [0.2, 0.25) is 0 Å². The van der Waals surface area contributed by atoms with Gasteiger partial charge in [0, 0.05) is 17.9 Å². The molecule has 2 N–H and O–H groups in total. The summed E-state index contributed by atoms with van der Waals surface area (Å²) in [6, 6.07) is 4.49. The molecule has 0 saturated heterocycles. The Morgan fingerprint density at radius 2 is 2.23 bits per heavy atom. The lowest BCUT2D eigenvalue weighted by Gasteiger charge is -2.22. The molecule has 0 bridgehead atoms. The minimum Gasteiger partial charge on any atom is -0.352 e. The fraction of sp³-hybridized carbons (Fsp3) is 0.438. The maximum Gasteiger partial charge on any atom is 0.223 e. The highest BCUT2D eigenvalue weighted by Gasteiger charge is 2.17. The molecule has 5 nitrogen and oxygen atoms in total. The normalized spacial score (nSPS) is 20.8. The standard InChI is InChI=1S/C16H19N5S/c1-11-10-22-15(19-11)13(9-17)14-7-8-18-16(21-14)20-12-5-3-2-4-6-12/h7-8,10,12,19H,2-6H2,1H3,(H,18,20,21)/b15-13-. The van der Waals surface area contributed by atoms with Crippen molar-refractivity contribution in [2.24, 2.45) is 0 Å². The summed E-state index contributed by atoms with van der Waals surface area (Å²) in [4.78, 5) is 8.83.